The number of aromatic nitrogens is 2. The number of fused-ring (bicyclic) bond motifs is 1. The second kappa shape index (κ2) is 5.41. The Hall–Kier alpha value is -2.87. The Labute approximate surface area is 116 Å². The Morgan fingerprint density at radius 1 is 1.60 bits per heavy atom. The SMILES string of the molecule is C=C(C)/C(=C\C(C#N)C(N)=O)c1ccc2nccn2c1. The molecule has 5 nitrogen and oxygen atoms in total. The molecule has 2 N–H and O–H groups in total. The van der Waals surface area contributed by atoms with Crippen molar-refractivity contribution in [3.63, 3.8) is 0 Å². The molecule has 2 aromatic heterocycles. The van der Waals surface area contributed by atoms with Crippen LogP contribution < -0.4 is 5.73 Å². The Kier molecular flexibility index (Phi) is 3.67. The first-order valence-electron chi connectivity index (χ1n) is 6.02. The van der Waals surface area contributed by atoms with E-state index in [0.717, 1.165) is 22.4 Å². The lowest BCUT2D eigenvalue weighted by Gasteiger charge is -2.10. The molecule has 2 aromatic rings. The second-order valence-corrected chi connectivity index (χ2v) is 4.48. The molecule has 1 unspecified atom stereocenters. The summed E-state index contributed by atoms with van der Waals surface area (Å²) in [5, 5.41) is 8.97. The predicted molar refractivity (Wildman–Crippen MR) is 76.3 cm³/mol. The number of nitriles is 1. The molecular weight excluding hydrogens is 252 g/mol. The highest BCUT2D eigenvalue weighted by Gasteiger charge is 2.14. The van der Waals surface area contributed by atoms with E-state index in [2.05, 4.69) is 11.6 Å². The smallest absolute Gasteiger partial charge is 0.238 e. The van der Waals surface area contributed by atoms with Crippen molar-refractivity contribution in [1.82, 2.24) is 9.38 Å². The van der Waals surface area contributed by atoms with Crippen LogP contribution in [-0.4, -0.2) is 15.3 Å². The third-order valence-corrected chi connectivity index (χ3v) is 2.94. The Morgan fingerprint density at radius 3 is 2.95 bits per heavy atom. The zero-order valence-corrected chi connectivity index (χ0v) is 11.1. The monoisotopic (exact) mass is 266 g/mol. The molecule has 100 valence electrons. The molecule has 0 saturated heterocycles. The van der Waals surface area contributed by atoms with Crippen LogP contribution in [-0.2, 0) is 4.79 Å². The van der Waals surface area contributed by atoms with Crippen LogP contribution in [0.1, 0.15) is 12.5 Å². The first kappa shape index (κ1) is 13.6. The van der Waals surface area contributed by atoms with Gasteiger partial charge in [0.15, 0.2) is 0 Å². The van der Waals surface area contributed by atoms with Gasteiger partial charge in [-0.2, -0.15) is 5.26 Å². The molecule has 0 aliphatic carbocycles. The summed E-state index contributed by atoms with van der Waals surface area (Å²) >= 11 is 0. The molecule has 0 aliphatic rings. The van der Waals surface area contributed by atoms with Crippen LogP contribution in [0.15, 0.2) is 49.0 Å². The van der Waals surface area contributed by atoms with Crippen LogP contribution >= 0.6 is 0 Å². The fourth-order valence-electron chi connectivity index (χ4n) is 1.91. The van der Waals surface area contributed by atoms with Gasteiger partial charge in [-0.3, -0.25) is 4.79 Å². The number of hydrogen-bond donors (Lipinski definition) is 1. The maximum Gasteiger partial charge on any atom is 0.238 e. The molecule has 20 heavy (non-hydrogen) atoms. The van der Waals surface area contributed by atoms with Crippen LogP contribution in [0, 0.1) is 17.2 Å². The molecule has 0 aliphatic heterocycles. The Morgan fingerprint density at radius 2 is 2.35 bits per heavy atom. The second-order valence-electron chi connectivity index (χ2n) is 4.48. The lowest BCUT2D eigenvalue weighted by atomic mass is 9.96. The van der Waals surface area contributed by atoms with Gasteiger partial charge in [0.2, 0.25) is 5.91 Å². The summed E-state index contributed by atoms with van der Waals surface area (Å²) in [6, 6.07) is 5.61. The molecule has 0 fully saturated rings. The number of carbonyl (C=O) groups excluding carboxylic acids is 1. The lowest BCUT2D eigenvalue weighted by Crippen LogP contribution is -2.20. The summed E-state index contributed by atoms with van der Waals surface area (Å²) in [4.78, 5) is 15.4. The topological polar surface area (TPSA) is 84.2 Å². The van der Waals surface area contributed by atoms with Crippen LogP contribution in [0.5, 0.6) is 0 Å². The van der Waals surface area contributed by atoms with E-state index in [4.69, 9.17) is 11.0 Å². The molecule has 1 atom stereocenters. The van der Waals surface area contributed by atoms with Crippen LogP contribution in [0.2, 0.25) is 0 Å². The van der Waals surface area contributed by atoms with E-state index >= 15 is 0 Å². The number of rotatable bonds is 4. The third-order valence-electron chi connectivity index (χ3n) is 2.94. The molecular formula is C15H14N4O. The number of allylic oxidation sites excluding steroid dienone is 2. The van der Waals surface area contributed by atoms with Crippen LogP contribution in [0.25, 0.3) is 11.2 Å². The van der Waals surface area contributed by atoms with Gasteiger partial charge in [0.25, 0.3) is 0 Å². The third kappa shape index (κ3) is 2.59. The average Bonchev–Trinajstić information content (AvgIpc) is 2.86. The molecule has 0 spiro atoms. The van der Waals surface area contributed by atoms with E-state index in [0.29, 0.717) is 0 Å². The highest BCUT2D eigenvalue weighted by molar-refractivity contribution is 5.87. The number of nitrogens with two attached hydrogens (primary N) is 1. The molecule has 1 amide bonds. The molecule has 0 radical (unpaired) electrons. The van der Waals surface area contributed by atoms with Crippen molar-refractivity contribution in [1.29, 1.82) is 5.26 Å². The number of amides is 1. The van der Waals surface area contributed by atoms with Crippen molar-refractivity contribution < 1.29 is 4.79 Å². The van der Waals surface area contributed by atoms with Crippen molar-refractivity contribution in [2.45, 2.75) is 6.92 Å². The van der Waals surface area contributed by atoms with Crippen molar-refractivity contribution >= 4 is 17.1 Å². The van der Waals surface area contributed by atoms with Gasteiger partial charge in [-0.1, -0.05) is 12.2 Å². The van der Waals surface area contributed by atoms with Crippen LogP contribution in [0.3, 0.4) is 0 Å². The fourth-order valence-corrected chi connectivity index (χ4v) is 1.91. The molecule has 5 heteroatoms. The summed E-state index contributed by atoms with van der Waals surface area (Å²) in [7, 11) is 0. The first-order chi connectivity index (χ1) is 9.52. The number of primary amides is 1. The summed E-state index contributed by atoms with van der Waals surface area (Å²) in [5.41, 5.74) is 8.35. The van der Waals surface area contributed by atoms with Gasteiger partial charge in [0, 0.05) is 18.6 Å². The standard InChI is InChI=1S/C15H14N4O/c1-10(2)13(7-12(8-16)15(17)20)11-3-4-14-18-5-6-19(14)9-11/h3-7,9,12H,1H2,2H3,(H2,17,20)/b13-7+. The summed E-state index contributed by atoms with van der Waals surface area (Å²) in [5.74, 6) is -1.64. The highest BCUT2D eigenvalue weighted by atomic mass is 16.1. The lowest BCUT2D eigenvalue weighted by molar-refractivity contribution is -0.119. The van der Waals surface area contributed by atoms with Crippen LogP contribution in [0.4, 0.5) is 0 Å². The zero-order valence-electron chi connectivity index (χ0n) is 11.1. The fraction of sp³-hybridized carbons (Fsp3) is 0.133. The number of carbonyl (C=O) groups is 1. The van der Waals surface area contributed by atoms with E-state index in [1.54, 1.807) is 12.3 Å². The molecule has 2 rings (SSSR count). The number of imidazole rings is 1. The van der Waals surface area contributed by atoms with Gasteiger partial charge in [-0.15, -0.1) is 0 Å². The normalized spacial score (nSPS) is 12.9. The van der Waals surface area contributed by atoms with E-state index in [1.807, 2.05) is 41.9 Å². The number of nitrogens with zero attached hydrogens (tertiary/aromatic N) is 3. The zero-order chi connectivity index (χ0) is 14.7. The van der Waals surface area contributed by atoms with Crippen molar-refractivity contribution in [3.8, 4) is 6.07 Å². The van der Waals surface area contributed by atoms with Gasteiger partial charge in [0.05, 0.1) is 6.07 Å². The number of pyridine rings is 1. The molecule has 0 bridgehead atoms. The van der Waals surface area contributed by atoms with Crippen molar-refractivity contribution in [3.05, 3.63) is 54.5 Å². The van der Waals surface area contributed by atoms with Gasteiger partial charge in [-0.05, 0) is 36.3 Å². The molecule has 0 saturated carbocycles. The predicted octanol–water partition coefficient (Wildman–Crippen LogP) is 1.92. The van der Waals surface area contributed by atoms with Gasteiger partial charge in [0.1, 0.15) is 11.6 Å². The highest BCUT2D eigenvalue weighted by Crippen LogP contribution is 2.23. The minimum atomic E-state index is -0.972. The Balaban J connectivity index is 2.53. The van der Waals surface area contributed by atoms with E-state index in [1.165, 1.54) is 0 Å². The van der Waals surface area contributed by atoms with Gasteiger partial charge < -0.3 is 10.1 Å². The largest absolute Gasteiger partial charge is 0.368 e. The summed E-state index contributed by atoms with van der Waals surface area (Å²) < 4.78 is 1.86. The summed E-state index contributed by atoms with van der Waals surface area (Å²) in [6.45, 7) is 5.71. The van der Waals surface area contributed by atoms with E-state index in [9.17, 15) is 4.79 Å². The van der Waals surface area contributed by atoms with Crippen molar-refractivity contribution in [2.24, 2.45) is 11.7 Å². The number of hydrogen-bond acceptors (Lipinski definition) is 3. The minimum Gasteiger partial charge on any atom is -0.368 e. The minimum absolute atomic E-state index is 0.671. The molecule has 0 aromatic carbocycles. The summed E-state index contributed by atoms with van der Waals surface area (Å²) in [6.07, 6.45) is 6.94. The van der Waals surface area contributed by atoms with E-state index in [-0.39, 0.29) is 0 Å². The quantitative estimate of drug-likeness (QED) is 0.858. The van der Waals surface area contributed by atoms with Crippen molar-refractivity contribution in [2.75, 3.05) is 0 Å². The van der Waals surface area contributed by atoms with Gasteiger partial charge >= 0.3 is 0 Å². The first-order valence-corrected chi connectivity index (χ1v) is 6.02. The maximum atomic E-state index is 11.2. The maximum absolute atomic E-state index is 11.2. The van der Waals surface area contributed by atoms with Gasteiger partial charge in [-0.25, -0.2) is 4.98 Å². The average molecular weight is 266 g/mol. The van der Waals surface area contributed by atoms with E-state index < -0.39 is 11.8 Å². The molecule has 2 heterocycles. The Bertz CT molecular complexity index is 749.